The molecule has 1 unspecified atom stereocenters. The Morgan fingerprint density at radius 2 is 2.03 bits per heavy atom. The molecule has 1 aliphatic heterocycles. The second-order valence-corrected chi connectivity index (χ2v) is 7.30. The third-order valence-electron chi connectivity index (χ3n) is 5.17. The van der Waals surface area contributed by atoms with Gasteiger partial charge in [-0.2, -0.15) is 9.97 Å². The first kappa shape index (κ1) is 19.5. The minimum atomic E-state index is -1.65. The lowest BCUT2D eigenvalue weighted by Gasteiger charge is -2.27. The molecule has 0 amide bonds. The van der Waals surface area contributed by atoms with E-state index in [0.29, 0.717) is 23.5 Å². The van der Waals surface area contributed by atoms with Gasteiger partial charge in [0.15, 0.2) is 23.2 Å². The number of aromatic nitrogens is 4. The third-order valence-corrected chi connectivity index (χ3v) is 5.17. The molecular weight excluding hydrogens is 376 g/mol. The van der Waals surface area contributed by atoms with Crippen molar-refractivity contribution in [2.45, 2.75) is 37.4 Å². The van der Waals surface area contributed by atoms with Gasteiger partial charge in [0.25, 0.3) is 0 Å². The van der Waals surface area contributed by atoms with E-state index in [2.05, 4.69) is 20.3 Å². The van der Waals surface area contributed by atoms with Crippen LogP contribution in [0.2, 0.25) is 0 Å². The number of aliphatic hydroxyl groups is 3. The Kier molecular flexibility index (Phi) is 5.09. The topological polar surface area (TPSA) is 152 Å². The number of hydrogen-bond acceptors (Lipinski definition) is 9. The maximum absolute atomic E-state index is 10.7. The summed E-state index contributed by atoms with van der Waals surface area (Å²) in [4.78, 5) is 12.8. The Balaban J connectivity index is 1.62. The van der Waals surface area contributed by atoms with Gasteiger partial charge in [-0.25, -0.2) is 4.98 Å². The molecule has 4 atom stereocenters. The van der Waals surface area contributed by atoms with Gasteiger partial charge in [0.2, 0.25) is 5.95 Å². The van der Waals surface area contributed by atoms with Gasteiger partial charge in [-0.05, 0) is 18.9 Å². The lowest BCUT2D eigenvalue weighted by atomic mass is 9.96. The zero-order valence-electron chi connectivity index (χ0n) is 15.9. The minimum Gasteiger partial charge on any atom is -0.394 e. The third kappa shape index (κ3) is 3.51. The summed E-state index contributed by atoms with van der Waals surface area (Å²) in [6.45, 7) is 1.63. The summed E-state index contributed by atoms with van der Waals surface area (Å²) in [7, 11) is 0. The number of nitrogens with zero attached hydrogens (tertiary/aromatic N) is 4. The van der Waals surface area contributed by atoms with Crippen molar-refractivity contribution in [2.24, 2.45) is 0 Å². The van der Waals surface area contributed by atoms with Crippen LogP contribution >= 0.6 is 0 Å². The molecule has 154 valence electrons. The van der Waals surface area contributed by atoms with E-state index in [1.165, 1.54) is 23.4 Å². The predicted octanol–water partition coefficient (Wildman–Crippen LogP) is 0.0647. The number of fused-ring (bicyclic) bond motifs is 1. The lowest BCUT2D eigenvalue weighted by molar-refractivity contribution is -0.0950. The van der Waals surface area contributed by atoms with Gasteiger partial charge in [-0.15, -0.1) is 0 Å². The highest BCUT2D eigenvalue weighted by molar-refractivity contribution is 5.84. The van der Waals surface area contributed by atoms with Crippen LogP contribution in [0, 0.1) is 0 Å². The molecular formula is C19H24N6O4. The molecule has 1 fully saturated rings. The maximum Gasteiger partial charge on any atom is 0.224 e. The lowest BCUT2D eigenvalue weighted by Crippen LogP contribution is -2.44. The number of nitrogens with two attached hydrogens (primary N) is 1. The zero-order chi connectivity index (χ0) is 20.6. The number of hydrogen-bond donors (Lipinski definition) is 5. The molecule has 6 N–H and O–H groups in total. The van der Waals surface area contributed by atoms with Gasteiger partial charge in [-0.3, -0.25) is 4.57 Å². The Bertz CT molecular complexity index is 993. The van der Waals surface area contributed by atoms with Crippen molar-refractivity contribution in [1.29, 1.82) is 0 Å². The van der Waals surface area contributed by atoms with Gasteiger partial charge in [-0.1, -0.05) is 30.3 Å². The maximum atomic E-state index is 10.7. The standard InChI is InChI=1S/C19H24N6O4/c1-19(28)14(27)12(9-26)29-17(19)25-10-22-13-15(23-18(20)24-16(13)25)21-8-7-11-5-3-2-4-6-11/h2-6,10,12,14,17,26-28H,7-9H2,1H3,(H3,20,21,23,24)/t12-,14-,17?,19-/m1/s1. The number of benzene rings is 1. The van der Waals surface area contributed by atoms with E-state index in [4.69, 9.17) is 10.5 Å². The van der Waals surface area contributed by atoms with E-state index in [9.17, 15) is 15.3 Å². The second kappa shape index (κ2) is 7.56. The van der Waals surface area contributed by atoms with E-state index in [1.54, 1.807) is 0 Å². The van der Waals surface area contributed by atoms with Crippen molar-refractivity contribution in [3.63, 3.8) is 0 Å². The molecule has 2 aromatic heterocycles. The highest BCUT2D eigenvalue weighted by Gasteiger charge is 2.53. The molecule has 0 saturated carbocycles. The van der Waals surface area contributed by atoms with E-state index in [1.807, 2.05) is 30.3 Å². The summed E-state index contributed by atoms with van der Waals surface area (Å²) in [5, 5.41) is 33.6. The van der Waals surface area contributed by atoms with E-state index < -0.39 is 30.6 Å². The molecule has 29 heavy (non-hydrogen) atoms. The van der Waals surface area contributed by atoms with Crippen LogP contribution in [0.1, 0.15) is 18.7 Å². The first-order valence-electron chi connectivity index (χ1n) is 9.36. The van der Waals surface area contributed by atoms with Gasteiger partial charge < -0.3 is 31.1 Å². The normalized spacial score (nSPS) is 26.8. The number of imidazole rings is 1. The van der Waals surface area contributed by atoms with E-state index >= 15 is 0 Å². The summed E-state index contributed by atoms with van der Waals surface area (Å²) >= 11 is 0. The molecule has 0 radical (unpaired) electrons. The van der Waals surface area contributed by atoms with Crippen molar-refractivity contribution in [1.82, 2.24) is 19.5 Å². The molecule has 10 heteroatoms. The summed E-state index contributed by atoms with van der Waals surface area (Å²) in [6.07, 6.45) is -0.941. The second-order valence-electron chi connectivity index (χ2n) is 7.30. The molecule has 0 spiro atoms. The summed E-state index contributed by atoms with van der Waals surface area (Å²) in [6, 6.07) is 10.0. The summed E-state index contributed by atoms with van der Waals surface area (Å²) in [5.74, 6) is 0.512. The van der Waals surface area contributed by atoms with Crippen LogP contribution in [-0.2, 0) is 11.2 Å². The predicted molar refractivity (Wildman–Crippen MR) is 106 cm³/mol. The fraction of sp³-hybridized carbons (Fsp3) is 0.421. The highest BCUT2D eigenvalue weighted by atomic mass is 16.6. The van der Waals surface area contributed by atoms with Crippen LogP contribution in [0.15, 0.2) is 36.7 Å². The summed E-state index contributed by atoms with van der Waals surface area (Å²) in [5.41, 5.74) is 6.24. The first-order valence-corrected chi connectivity index (χ1v) is 9.36. The largest absolute Gasteiger partial charge is 0.394 e. The molecule has 1 saturated heterocycles. The number of ether oxygens (including phenoxy) is 1. The molecule has 3 aromatic rings. The van der Waals surface area contributed by atoms with Gasteiger partial charge >= 0.3 is 0 Å². The van der Waals surface area contributed by atoms with Gasteiger partial charge in [0, 0.05) is 6.54 Å². The highest BCUT2D eigenvalue weighted by Crippen LogP contribution is 2.39. The van der Waals surface area contributed by atoms with Crippen molar-refractivity contribution in [3.8, 4) is 0 Å². The van der Waals surface area contributed by atoms with Gasteiger partial charge in [0.05, 0.1) is 12.9 Å². The van der Waals surface area contributed by atoms with Crippen molar-refractivity contribution in [2.75, 3.05) is 24.2 Å². The fourth-order valence-electron chi connectivity index (χ4n) is 3.59. The Hall–Kier alpha value is -2.79. The van der Waals surface area contributed by atoms with Crippen LogP contribution in [-0.4, -0.2) is 65.8 Å². The van der Waals surface area contributed by atoms with Crippen LogP contribution in [0.5, 0.6) is 0 Å². The van der Waals surface area contributed by atoms with Crippen LogP contribution < -0.4 is 11.1 Å². The Morgan fingerprint density at radius 3 is 2.72 bits per heavy atom. The van der Waals surface area contributed by atoms with Crippen LogP contribution in [0.3, 0.4) is 0 Å². The molecule has 1 aromatic carbocycles. The Morgan fingerprint density at radius 1 is 1.28 bits per heavy atom. The fourth-order valence-corrected chi connectivity index (χ4v) is 3.59. The Labute approximate surface area is 167 Å². The first-order chi connectivity index (χ1) is 13.9. The number of rotatable bonds is 6. The average Bonchev–Trinajstić information content (AvgIpc) is 3.21. The van der Waals surface area contributed by atoms with Crippen LogP contribution in [0.4, 0.5) is 11.8 Å². The quantitative estimate of drug-likeness (QED) is 0.387. The molecule has 0 bridgehead atoms. The van der Waals surface area contributed by atoms with Crippen molar-refractivity contribution in [3.05, 3.63) is 42.2 Å². The number of nitrogen functional groups attached to an aromatic ring is 1. The zero-order valence-corrected chi connectivity index (χ0v) is 15.9. The monoisotopic (exact) mass is 400 g/mol. The number of anilines is 2. The molecule has 4 rings (SSSR count). The molecule has 0 aliphatic carbocycles. The average molecular weight is 400 g/mol. The van der Waals surface area contributed by atoms with Crippen LogP contribution in [0.25, 0.3) is 11.2 Å². The molecule has 10 nitrogen and oxygen atoms in total. The molecule has 1 aliphatic rings. The van der Waals surface area contributed by atoms with Crippen molar-refractivity contribution < 1.29 is 20.1 Å². The smallest absolute Gasteiger partial charge is 0.224 e. The van der Waals surface area contributed by atoms with Crippen molar-refractivity contribution >= 4 is 22.9 Å². The van der Waals surface area contributed by atoms with E-state index in [-0.39, 0.29) is 5.95 Å². The summed E-state index contributed by atoms with van der Waals surface area (Å²) < 4.78 is 7.16. The molecule has 3 heterocycles. The van der Waals surface area contributed by atoms with Gasteiger partial charge in [0.1, 0.15) is 17.8 Å². The van der Waals surface area contributed by atoms with E-state index in [0.717, 1.165) is 6.42 Å². The SMILES string of the molecule is C[C@]1(O)C(n2cnc3c(NCCc4ccccc4)nc(N)nc32)O[C@H](CO)[C@H]1O. The number of aliphatic hydroxyl groups excluding tert-OH is 2. The minimum absolute atomic E-state index is 0.0401. The number of nitrogens with one attached hydrogen (secondary N) is 1.